The van der Waals surface area contributed by atoms with Crippen LogP contribution in [0, 0.1) is 0 Å². The van der Waals surface area contributed by atoms with Gasteiger partial charge in [-0.05, 0) is 0 Å². The van der Waals surface area contributed by atoms with Gasteiger partial charge in [0.2, 0.25) is 0 Å². The number of nitrogens with two attached hydrogens (primary N) is 2. The maximum Gasteiger partial charge on any atom is 0 e. The summed E-state index contributed by atoms with van der Waals surface area (Å²) in [6.07, 6.45) is 0. The van der Waals surface area contributed by atoms with Crippen molar-refractivity contribution < 1.29 is 25.0 Å². The summed E-state index contributed by atoms with van der Waals surface area (Å²) < 4.78 is 0. The second-order valence-electron chi connectivity index (χ2n) is 0. The van der Waals surface area contributed by atoms with Crippen molar-refractivity contribution in [1.82, 2.24) is 0 Å². The van der Waals surface area contributed by atoms with E-state index in [-0.39, 0.29) is 25.0 Å². The number of hydrogen-bond donors (Lipinski definition) is 2. The van der Waals surface area contributed by atoms with Crippen LogP contribution in [-0.4, -0.2) is 5.48 Å². The molecule has 0 saturated carbocycles. The first-order valence-corrected chi connectivity index (χ1v) is 0.333. The van der Waals surface area contributed by atoms with Gasteiger partial charge in [0, 0.05) is 19.5 Å². The first-order valence-electron chi connectivity index (χ1n) is 0.333. The number of hydrazine groups is 1. The number of rotatable bonds is 0. The molecule has 0 radical (unpaired) electrons. The Morgan fingerprint density at radius 3 is 1.00 bits per heavy atom. The molecular formula is H6N2OZn. The zero-order valence-corrected chi connectivity index (χ0v) is 5.33. The Bertz CT molecular complexity index is 6.00. The van der Waals surface area contributed by atoms with Crippen molar-refractivity contribution in [2.24, 2.45) is 11.7 Å². The van der Waals surface area contributed by atoms with Crippen LogP contribution >= 0.6 is 0 Å². The molecule has 4 heteroatoms. The molecule has 24 valence electrons. The van der Waals surface area contributed by atoms with Gasteiger partial charge in [0.05, 0.1) is 0 Å². The molecule has 0 unspecified atom stereocenters. The Morgan fingerprint density at radius 2 is 1.00 bits per heavy atom. The maximum absolute atomic E-state index is 4.00. The van der Waals surface area contributed by atoms with Gasteiger partial charge in [0.15, 0.2) is 0 Å². The molecule has 0 amide bonds. The van der Waals surface area contributed by atoms with Gasteiger partial charge in [0.25, 0.3) is 0 Å². The van der Waals surface area contributed by atoms with Crippen LogP contribution in [0.25, 0.3) is 0 Å². The predicted octanol–water partition coefficient (Wildman–Crippen LogP) is -2.01. The van der Waals surface area contributed by atoms with Crippen molar-refractivity contribution in [3.8, 4) is 0 Å². The minimum absolute atomic E-state index is 0. The maximum atomic E-state index is 4.00. The fourth-order valence-corrected chi connectivity index (χ4v) is 0. The van der Waals surface area contributed by atoms with Crippen molar-refractivity contribution in [2.45, 2.75) is 0 Å². The minimum Gasteiger partial charge on any atom is -0.412 e. The van der Waals surface area contributed by atoms with Crippen LogP contribution in [0.2, 0.25) is 0 Å². The third-order valence-corrected chi connectivity index (χ3v) is 0. The molecule has 0 atom stereocenters. The van der Waals surface area contributed by atoms with Crippen LogP contribution in [0.3, 0.4) is 0 Å². The Hall–Kier alpha value is 0.503. The first kappa shape index (κ1) is 24.5. The molecular weight excluding hydrogens is 109 g/mol. The van der Waals surface area contributed by atoms with Crippen LogP contribution in [0.1, 0.15) is 0 Å². The van der Waals surface area contributed by atoms with Crippen LogP contribution in [0.15, 0.2) is 0 Å². The molecule has 0 aromatic rings. The molecule has 0 aliphatic rings. The van der Waals surface area contributed by atoms with E-state index < -0.39 is 0 Å². The minimum atomic E-state index is 0. The molecule has 3 nitrogen and oxygen atoms in total. The molecule has 6 N–H and O–H groups in total. The summed E-state index contributed by atoms with van der Waals surface area (Å²) in [5.74, 6) is 8.00. The summed E-state index contributed by atoms with van der Waals surface area (Å²) in [5, 5.41) is 0. The second-order valence-corrected chi connectivity index (χ2v) is 0. The fourth-order valence-electron chi connectivity index (χ4n) is 0. The van der Waals surface area contributed by atoms with Crippen molar-refractivity contribution in [3.63, 3.8) is 0 Å². The molecule has 0 aliphatic heterocycles. The first-order chi connectivity index (χ1) is 1.00. The third-order valence-electron chi connectivity index (χ3n) is 0. The van der Waals surface area contributed by atoms with E-state index in [0.717, 1.165) is 0 Å². The summed E-state index contributed by atoms with van der Waals surface area (Å²) in [6, 6.07) is 0. The molecule has 0 bridgehead atoms. The topological polar surface area (TPSA) is 83.5 Å². The fraction of sp³-hybridized carbons (Fsp3) is 0. The molecule has 0 aliphatic carbocycles. The molecule has 4 heavy (non-hydrogen) atoms. The van der Waals surface area contributed by atoms with Crippen molar-refractivity contribution in [3.05, 3.63) is 0 Å². The van der Waals surface area contributed by atoms with E-state index in [0.29, 0.717) is 0 Å². The van der Waals surface area contributed by atoms with Crippen LogP contribution in [0.4, 0.5) is 0 Å². The van der Waals surface area contributed by atoms with E-state index >= 15 is 0 Å². The van der Waals surface area contributed by atoms with Gasteiger partial charge in [-0.3, -0.25) is 11.7 Å². The Morgan fingerprint density at radius 1 is 1.00 bits per heavy atom. The quantitative estimate of drug-likeness (QED) is 0.217. The summed E-state index contributed by atoms with van der Waals surface area (Å²) in [6.45, 7) is 0. The van der Waals surface area contributed by atoms with Gasteiger partial charge < -0.3 is 5.48 Å². The van der Waals surface area contributed by atoms with E-state index in [9.17, 15) is 0 Å². The smallest absolute Gasteiger partial charge is 0 e. The molecule has 0 aromatic heterocycles. The van der Waals surface area contributed by atoms with E-state index in [4.69, 9.17) is 0 Å². The standard InChI is InChI=1S/H4N2.H2O.Zn/c1-2;;/h1-2H2;1H2;. The summed E-state index contributed by atoms with van der Waals surface area (Å²) in [4.78, 5) is 0. The monoisotopic (exact) mass is 114 g/mol. The van der Waals surface area contributed by atoms with Gasteiger partial charge in [-0.1, -0.05) is 0 Å². The van der Waals surface area contributed by atoms with E-state index in [2.05, 4.69) is 11.7 Å². The van der Waals surface area contributed by atoms with Gasteiger partial charge in [-0.2, -0.15) is 0 Å². The zero-order chi connectivity index (χ0) is 2.00. The van der Waals surface area contributed by atoms with Gasteiger partial charge >= 0.3 is 0 Å². The van der Waals surface area contributed by atoms with Crippen LogP contribution < -0.4 is 11.7 Å². The van der Waals surface area contributed by atoms with Crippen molar-refractivity contribution in [2.75, 3.05) is 0 Å². The van der Waals surface area contributed by atoms with Gasteiger partial charge in [0.1, 0.15) is 0 Å². The van der Waals surface area contributed by atoms with Crippen molar-refractivity contribution in [1.29, 1.82) is 0 Å². The summed E-state index contributed by atoms with van der Waals surface area (Å²) in [5.41, 5.74) is 0. The molecule has 0 heterocycles. The van der Waals surface area contributed by atoms with E-state index in [1.54, 1.807) is 0 Å². The molecule has 0 aromatic carbocycles. The molecule has 0 fully saturated rings. The second kappa shape index (κ2) is 86.6. The Kier molecular flexibility index (Phi) is 530. The Balaban J connectivity index is -0.00000000500. The Labute approximate surface area is 37.4 Å². The largest absolute Gasteiger partial charge is 0.412 e. The zero-order valence-electron chi connectivity index (χ0n) is 2.36. The van der Waals surface area contributed by atoms with Crippen LogP contribution in [0.5, 0.6) is 0 Å². The molecule has 0 rings (SSSR count). The summed E-state index contributed by atoms with van der Waals surface area (Å²) >= 11 is 0. The van der Waals surface area contributed by atoms with Crippen LogP contribution in [-0.2, 0) is 19.5 Å². The predicted molar refractivity (Wildman–Crippen MR) is 12.0 cm³/mol. The average Bonchev–Trinajstić information content (AvgIpc) is 1.00. The normalized spacial score (nSPS) is 1.50. The molecule has 0 saturated heterocycles. The average molecular weight is 115 g/mol. The number of hydrogen-bond acceptors (Lipinski definition) is 2. The third kappa shape index (κ3) is 22.3. The SMILES string of the molecule is NN.O.[Zn]. The molecule has 0 spiro atoms. The van der Waals surface area contributed by atoms with E-state index in [1.807, 2.05) is 0 Å². The van der Waals surface area contributed by atoms with E-state index in [1.165, 1.54) is 0 Å². The van der Waals surface area contributed by atoms with Crippen molar-refractivity contribution >= 4 is 0 Å². The summed E-state index contributed by atoms with van der Waals surface area (Å²) in [7, 11) is 0. The van der Waals surface area contributed by atoms with Gasteiger partial charge in [-0.25, -0.2) is 0 Å². The van der Waals surface area contributed by atoms with Gasteiger partial charge in [-0.15, -0.1) is 0 Å².